The van der Waals surface area contributed by atoms with Crippen LogP contribution in [0.4, 0.5) is 0 Å². The molecule has 0 aromatic carbocycles. The molecule has 0 saturated heterocycles. The fraction of sp³-hybridized carbons (Fsp3) is 0.462. The molecule has 0 bridgehead atoms. The standard InChI is InChI=1S/C13H18N2O2/c1-9(2)13(16)11-4-5-15(7-11)8-12-6-10(3)17-14-12/h4-7,9,13,16H,8H2,1-3H3. The van der Waals surface area contributed by atoms with E-state index in [9.17, 15) is 5.11 Å². The molecule has 4 heteroatoms. The summed E-state index contributed by atoms with van der Waals surface area (Å²) in [5.41, 5.74) is 1.84. The summed E-state index contributed by atoms with van der Waals surface area (Å²) in [6.07, 6.45) is 3.50. The van der Waals surface area contributed by atoms with Gasteiger partial charge in [0.2, 0.25) is 0 Å². The van der Waals surface area contributed by atoms with Crippen molar-refractivity contribution in [1.82, 2.24) is 9.72 Å². The molecule has 2 heterocycles. The second-order valence-electron chi connectivity index (χ2n) is 4.73. The van der Waals surface area contributed by atoms with E-state index >= 15 is 0 Å². The third kappa shape index (κ3) is 2.77. The molecule has 0 aliphatic heterocycles. The van der Waals surface area contributed by atoms with Crippen LogP contribution in [0.1, 0.15) is 37.0 Å². The van der Waals surface area contributed by atoms with Gasteiger partial charge in [0.1, 0.15) is 11.5 Å². The Morgan fingerprint density at radius 1 is 1.47 bits per heavy atom. The number of hydrogen-bond acceptors (Lipinski definition) is 3. The van der Waals surface area contributed by atoms with Gasteiger partial charge in [-0.15, -0.1) is 0 Å². The molecule has 17 heavy (non-hydrogen) atoms. The minimum absolute atomic E-state index is 0.222. The lowest BCUT2D eigenvalue weighted by molar-refractivity contribution is 0.127. The van der Waals surface area contributed by atoms with Gasteiger partial charge in [-0.05, 0) is 24.5 Å². The lowest BCUT2D eigenvalue weighted by Crippen LogP contribution is -2.04. The molecule has 1 atom stereocenters. The van der Waals surface area contributed by atoms with E-state index in [4.69, 9.17) is 4.52 Å². The number of rotatable bonds is 4. The highest BCUT2D eigenvalue weighted by Gasteiger charge is 2.13. The maximum absolute atomic E-state index is 9.93. The lowest BCUT2D eigenvalue weighted by Gasteiger charge is -2.12. The molecular weight excluding hydrogens is 216 g/mol. The van der Waals surface area contributed by atoms with Crippen molar-refractivity contribution >= 4 is 0 Å². The summed E-state index contributed by atoms with van der Waals surface area (Å²) in [7, 11) is 0. The van der Waals surface area contributed by atoms with E-state index < -0.39 is 6.10 Å². The van der Waals surface area contributed by atoms with Crippen LogP contribution in [-0.4, -0.2) is 14.8 Å². The van der Waals surface area contributed by atoms with Crippen molar-refractivity contribution in [3.05, 3.63) is 41.5 Å². The van der Waals surface area contributed by atoms with Gasteiger partial charge in [0.05, 0.1) is 12.6 Å². The molecule has 0 saturated carbocycles. The first-order valence-electron chi connectivity index (χ1n) is 5.82. The summed E-state index contributed by atoms with van der Waals surface area (Å²) in [6.45, 7) is 6.55. The third-order valence-corrected chi connectivity index (χ3v) is 2.77. The lowest BCUT2D eigenvalue weighted by atomic mass is 10.0. The number of aryl methyl sites for hydroxylation is 1. The molecule has 2 aromatic heterocycles. The van der Waals surface area contributed by atoms with Crippen molar-refractivity contribution in [1.29, 1.82) is 0 Å². The Kier molecular flexibility index (Phi) is 3.33. The molecule has 4 nitrogen and oxygen atoms in total. The Morgan fingerprint density at radius 2 is 2.24 bits per heavy atom. The molecule has 0 radical (unpaired) electrons. The summed E-state index contributed by atoms with van der Waals surface area (Å²) >= 11 is 0. The molecule has 0 aliphatic carbocycles. The molecule has 1 unspecified atom stereocenters. The van der Waals surface area contributed by atoms with E-state index in [1.165, 1.54) is 0 Å². The molecule has 92 valence electrons. The zero-order chi connectivity index (χ0) is 12.4. The second kappa shape index (κ2) is 4.75. The Hall–Kier alpha value is -1.55. The van der Waals surface area contributed by atoms with Crippen molar-refractivity contribution in [3.8, 4) is 0 Å². The van der Waals surface area contributed by atoms with Crippen LogP contribution in [-0.2, 0) is 6.54 Å². The zero-order valence-electron chi connectivity index (χ0n) is 10.4. The third-order valence-electron chi connectivity index (χ3n) is 2.77. The minimum Gasteiger partial charge on any atom is -0.388 e. The molecule has 1 N–H and O–H groups in total. The van der Waals surface area contributed by atoms with Crippen molar-refractivity contribution < 1.29 is 9.63 Å². The van der Waals surface area contributed by atoms with Gasteiger partial charge in [-0.3, -0.25) is 0 Å². The van der Waals surface area contributed by atoms with Gasteiger partial charge < -0.3 is 14.2 Å². The second-order valence-corrected chi connectivity index (χ2v) is 4.73. The zero-order valence-corrected chi connectivity index (χ0v) is 10.4. The van der Waals surface area contributed by atoms with E-state index in [2.05, 4.69) is 5.16 Å². The van der Waals surface area contributed by atoms with Gasteiger partial charge >= 0.3 is 0 Å². The highest BCUT2D eigenvalue weighted by Crippen LogP contribution is 2.21. The summed E-state index contributed by atoms with van der Waals surface area (Å²) in [4.78, 5) is 0. The van der Waals surface area contributed by atoms with Gasteiger partial charge in [0, 0.05) is 18.5 Å². The van der Waals surface area contributed by atoms with Crippen molar-refractivity contribution in [3.63, 3.8) is 0 Å². The van der Waals surface area contributed by atoms with Crippen molar-refractivity contribution in [2.45, 2.75) is 33.4 Å². The van der Waals surface area contributed by atoms with Crippen LogP contribution in [0.2, 0.25) is 0 Å². The highest BCUT2D eigenvalue weighted by molar-refractivity contribution is 5.15. The van der Waals surface area contributed by atoms with Gasteiger partial charge in [-0.2, -0.15) is 0 Å². The van der Waals surface area contributed by atoms with Crippen molar-refractivity contribution in [2.24, 2.45) is 5.92 Å². The predicted octanol–water partition coefficient (Wildman–Crippen LogP) is 2.52. The smallest absolute Gasteiger partial charge is 0.133 e. The average molecular weight is 234 g/mol. The van der Waals surface area contributed by atoms with E-state index in [1.54, 1.807) is 0 Å². The fourth-order valence-electron chi connectivity index (χ4n) is 1.80. The van der Waals surface area contributed by atoms with Crippen LogP contribution < -0.4 is 0 Å². The number of hydrogen-bond donors (Lipinski definition) is 1. The van der Waals surface area contributed by atoms with E-state index in [-0.39, 0.29) is 5.92 Å². The van der Waals surface area contributed by atoms with Crippen LogP contribution in [0.3, 0.4) is 0 Å². The van der Waals surface area contributed by atoms with Gasteiger partial charge in [-0.25, -0.2) is 0 Å². The van der Waals surface area contributed by atoms with Crippen molar-refractivity contribution in [2.75, 3.05) is 0 Å². The fourth-order valence-corrected chi connectivity index (χ4v) is 1.80. The molecule has 0 spiro atoms. The van der Waals surface area contributed by atoms with Crippen LogP contribution in [0.25, 0.3) is 0 Å². The maximum atomic E-state index is 9.93. The SMILES string of the molecule is Cc1cc(Cn2ccc(C(O)C(C)C)c2)no1. The van der Waals surface area contributed by atoms with Gasteiger partial charge in [-0.1, -0.05) is 19.0 Å². The van der Waals surface area contributed by atoms with Crippen LogP contribution in [0.5, 0.6) is 0 Å². The minimum atomic E-state index is -0.407. The van der Waals surface area contributed by atoms with Gasteiger partial charge in [0.25, 0.3) is 0 Å². The maximum Gasteiger partial charge on any atom is 0.133 e. The average Bonchev–Trinajstić information content (AvgIpc) is 2.87. The molecule has 0 fully saturated rings. The summed E-state index contributed by atoms with van der Waals surface area (Å²) in [5.74, 6) is 1.04. The molecule has 2 aromatic rings. The molecule has 0 amide bonds. The molecule has 0 aliphatic rings. The highest BCUT2D eigenvalue weighted by atomic mass is 16.5. The van der Waals surface area contributed by atoms with E-state index in [1.807, 2.05) is 49.9 Å². The topological polar surface area (TPSA) is 51.2 Å². The van der Waals surface area contributed by atoms with Crippen LogP contribution >= 0.6 is 0 Å². The first kappa shape index (κ1) is 11.9. The summed E-state index contributed by atoms with van der Waals surface area (Å²) < 4.78 is 7.01. The molecular formula is C13H18N2O2. The number of aliphatic hydroxyl groups excluding tert-OH is 1. The van der Waals surface area contributed by atoms with Gasteiger partial charge in [0.15, 0.2) is 0 Å². The number of nitrogens with zero attached hydrogens (tertiary/aromatic N) is 2. The van der Waals surface area contributed by atoms with E-state index in [0.29, 0.717) is 6.54 Å². The molecule has 2 rings (SSSR count). The Morgan fingerprint density at radius 3 is 2.82 bits per heavy atom. The Bertz CT molecular complexity index is 485. The van der Waals surface area contributed by atoms with E-state index in [0.717, 1.165) is 17.0 Å². The number of aliphatic hydroxyl groups is 1. The monoisotopic (exact) mass is 234 g/mol. The predicted molar refractivity (Wildman–Crippen MR) is 64.6 cm³/mol. The largest absolute Gasteiger partial charge is 0.388 e. The normalized spacial score (nSPS) is 13.2. The Balaban J connectivity index is 2.08. The first-order valence-corrected chi connectivity index (χ1v) is 5.82. The number of aromatic nitrogens is 2. The quantitative estimate of drug-likeness (QED) is 0.884. The first-order chi connectivity index (χ1) is 8.06. The summed E-state index contributed by atoms with van der Waals surface area (Å²) in [5, 5.41) is 13.9. The summed E-state index contributed by atoms with van der Waals surface area (Å²) in [6, 6.07) is 3.86. The Labute approximate surface area is 101 Å². The van der Waals surface area contributed by atoms with Crippen LogP contribution in [0.15, 0.2) is 29.0 Å². The van der Waals surface area contributed by atoms with Crippen LogP contribution in [0, 0.1) is 12.8 Å².